The molecule has 0 spiro atoms. The lowest BCUT2D eigenvalue weighted by molar-refractivity contribution is -0.308. The normalized spacial score (nSPS) is 30.9. The van der Waals surface area contributed by atoms with E-state index >= 15 is 0 Å². The van der Waals surface area contributed by atoms with Gasteiger partial charge in [0.2, 0.25) is 0 Å². The summed E-state index contributed by atoms with van der Waals surface area (Å²) < 4.78 is 29.5. The SMILES string of the molecule is COc1ccc(C2OCC3OC(Sc4ccccc4)C(OC(C)=O)C(C)C3O2)cc1. The quantitative estimate of drug-likeness (QED) is 0.659. The first-order chi connectivity index (χ1) is 14.5. The Morgan fingerprint density at radius 2 is 1.80 bits per heavy atom. The highest BCUT2D eigenvalue weighted by atomic mass is 32.2. The van der Waals surface area contributed by atoms with E-state index in [-0.39, 0.29) is 29.5 Å². The molecule has 2 aliphatic heterocycles. The lowest BCUT2D eigenvalue weighted by Gasteiger charge is -2.48. The lowest BCUT2D eigenvalue weighted by atomic mass is 9.90. The molecule has 2 aliphatic rings. The van der Waals surface area contributed by atoms with Crippen LogP contribution in [0.4, 0.5) is 0 Å². The Balaban J connectivity index is 1.51. The topological polar surface area (TPSA) is 63.2 Å². The van der Waals surface area contributed by atoms with Crippen LogP contribution >= 0.6 is 11.8 Å². The summed E-state index contributed by atoms with van der Waals surface area (Å²) in [5, 5.41) is 0. The van der Waals surface area contributed by atoms with Gasteiger partial charge in [-0.2, -0.15) is 0 Å². The molecule has 0 radical (unpaired) electrons. The minimum atomic E-state index is -0.500. The fraction of sp³-hybridized carbons (Fsp3) is 0.435. The van der Waals surface area contributed by atoms with E-state index < -0.39 is 12.4 Å². The van der Waals surface area contributed by atoms with Crippen molar-refractivity contribution in [2.45, 2.75) is 48.8 Å². The van der Waals surface area contributed by atoms with Gasteiger partial charge in [-0.1, -0.05) is 49.0 Å². The number of carbonyl (C=O) groups is 1. The van der Waals surface area contributed by atoms with Crippen molar-refractivity contribution in [1.82, 2.24) is 0 Å². The maximum atomic E-state index is 11.8. The summed E-state index contributed by atoms with van der Waals surface area (Å²) >= 11 is 1.55. The third-order valence-electron chi connectivity index (χ3n) is 5.36. The minimum absolute atomic E-state index is 0.0569. The second-order valence-corrected chi connectivity index (χ2v) is 8.62. The molecule has 2 aromatic rings. The molecule has 160 valence electrons. The average Bonchev–Trinajstić information content (AvgIpc) is 2.77. The average molecular weight is 431 g/mol. The van der Waals surface area contributed by atoms with Gasteiger partial charge < -0.3 is 23.7 Å². The van der Waals surface area contributed by atoms with Crippen molar-refractivity contribution < 1.29 is 28.5 Å². The molecular formula is C23H26O6S. The van der Waals surface area contributed by atoms with Gasteiger partial charge in [0.1, 0.15) is 23.4 Å². The van der Waals surface area contributed by atoms with Crippen LogP contribution in [0.3, 0.4) is 0 Å². The maximum Gasteiger partial charge on any atom is 0.303 e. The van der Waals surface area contributed by atoms with Crippen LogP contribution in [0.15, 0.2) is 59.5 Å². The molecule has 2 heterocycles. The monoisotopic (exact) mass is 430 g/mol. The maximum absolute atomic E-state index is 11.8. The predicted molar refractivity (Wildman–Crippen MR) is 112 cm³/mol. The van der Waals surface area contributed by atoms with E-state index in [1.165, 1.54) is 6.92 Å². The van der Waals surface area contributed by atoms with E-state index in [1.54, 1.807) is 18.9 Å². The zero-order valence-electron chi connectivity index (χ0n) is 17.2. The summed E-state index contributed by atoms with van der Waals surface area (Å²) in [4.78, 5) is 12.9. The van der Waals surface area contributed by atoms with Crippen molar-refractivity contribution in [2.24, 2.45) is 5.92 Å². The minimum Gasteiger partial charge on any atom is -0.497 e. The number of benzene rings is 2. The molecule has 0 N–H and O–H groups in total. The lowest BCUT2D eigenvalue weighted by Crippen LogP contribution is -2.58. The van der Waals surface area contributed by atoms with E-state index in [1.807, 2.05) is 61.5 Å². The third-order valence-corrected chi connectivity index (χ3v) is 6.51. The van der Waals surface area contributed by atoms with Crippen LogP contribution < -0.4 is 4.74 Å². The van der Waals surface area contributed by atoms with Crippen LogP contribution in [-0.4, -0.2) is 43.4 Å². The van der Waals surface area contributed by atoms with E-state index in [9.17, 15) is 4.79 Å². The molecule has 7 heteroatoms. The van der Waals surface area contributed by atoms with Crippen molar-refractivity contribution in [3.05, 3.63) is 60.2 Å². The Morgan fingerprint density at radius 1 is 1.07 bits per heavy atom. The van der Waals surface area contributed by atoms with Crippen molar-refractivity contribution in [2.75, 3.05) is 13.7 Å². The van der Waals surface area contributed by atoms with Crippen molar-refractivity contribution in [3.8, 4) is 5.75 Å². The summed E-state index contributed by atoms with van der Waals surface area (Å²) in [5.74, 6) is 0.391. The molecule has 0 aliphatic carbocycles. The largest absolute Gasteiger partial charge is 0.497 e. The van der Waals surface area contributed by atoms with E-state index in [0.717, 1.165) is 16.2 Å². The van der Waals surface area contributed by atoms with Crippen LogP contribution in [0.1, 0.15) is 25.7 Å². The highest BCUT2D eigenvalue weighted by Gasteiger charge is 2.49. The first-order valence-corrected chi connectivity index (χ1v) is 10.9. The second kappa shape index (κ2) is 9.39. The first kappa shape index (κ1) is 21.2. The summed E-state index contributed by atoms with van der Waals surface area (Å²) in [7, 11) is 1.63. The highest BCUT2D eigenvalue weighted by Crippen LogP contribution is 2.42. The summed E-state index contributed by atoms with van der Waals surface area (Å²) in [6.07, 6.45) is -1.41. The van der Waals surface area contributed by atoms with Crippen molar-refractivity contribution in [1.29, 1.82) is 0 Å². The fourth-order valence-electron chi connectivity index (χ4n) is 3.83. The molecule has 4 rings (SSSR count). The first-order valence-electron chi connectivity index (χ1n) is 10.0. The molecule has 0 saturated carbocycles. The Morgan fingerprint density at radius 3 is 2.47 bits per heavy atom. The third kappa shape index (κ3) is 4.64. The Hall–Kier alpha value is -2.06. The molecule has 6 nitrogen and oxygen atoms in total. The number of hydrogen-bond acceptors (Lipinski definition) is 7. The van der Waals surface area contributed by atoms with E-state index in [0.29, 0.717) is 6.61 Å². The van der Waals surface area contributed by atoms with Gasteiger partial charge in [-0.05, 0) is 24.3 Å². The molecule has 0 amide bonds. The number of methoxy groups -OCH3 is 1. The van der Waals surface area contributed by atoms with Crippen molar-refractivity contribution >= 4 is 17.7 Å². The van der Waals surface area contributed by atoms with E-state index in [4.69, 9.17) is 23.7 Å². The Labute approximate surface area is 180 Å². The van der Waals surface area contributed by atoms with Gasteiger partial charge in [-0.25, -0.2) is 0 Å². The van der Waals surface area contributed by atoms with E-state index in [2.05, 4.69) is 0 Å². The number of rotatable bonds is 5. The summed E-state index contributed by atoms with van der Waals surface area (Å²) in [5.41, 5.74) is 0.573. The molecule has 0 aromatic heterocycles. The summed E-state index contributed by atoms with van der Waals surface area (Å²) in [6, 6.07) is 17.6. The smallest absolute Gasteiger partial charge is 0.303 e. The van der Waals surface area contributed by atoms with Crippen LogP contribution in [0.5, 0.6) is 5.75 Å². The number of fused-ring (bicyclic) bond motifs is 1. The predicted octanol–water partition coefficient (Wildman–Crippen LogP) is 4.19. The standard InChI is InChI=1S/C23H26O6S/c1-14-20-19(13-26-22(29-20)16-9-11-17(25-3)12-10-16)28-23(21(14)27-15(2)24)30-18-7-5-4-6-8-18/h4-12,14,19-23H,13H2,1-3H3. The van der Waals surface area contributed by atoms with Gasteiger partial charge in [0, 0.05) is 23.3 Å². The van der Waals surface area contributed by atoms with Gasteiger partial charge >= 0.3 is 5.97 Å². The molecule has 2 saturated heterocycles. The number of esters is 1. The van der Waals surface area contributed by atoms with Crippen LogP contribution in [0, 0.1) is 5.92 Å². The van der Waals surface area contributed by atoms with Gasteiger partial charge in [-0.3, -0.25) is 4.79 Å². The molecular weight excluding hydrogens is 404 g/mol. The van der Waals surface area contributed by atoms with Crippen LogP contribution in [0.25, 0.3) is 0 Å². The van der Waals surface area contributed by atoms with Gasteiger partial charge in [-0.15, -0.1) is 0 Å². The fourth-order valence-corrected chi connectivity index (χ4v) is 5.05. The zero-order valence-corrected chi connectivity index (χ0v) is 18.0. The van der Waals surface area contributed by atoms with Crippen LogP contribution in [-0.2, 0) is 23.7 Å². The molecule has 2 fully saturated rings. The number of carbonyl (C=O) groups excluding carboxylic acids is 1. The zero-order chi connectivity index (χ0) is 21.1. The Bertz CT molecular complexity index is 843. The molecule has 0 bridgehead atoms. The molecule has 6 unspecified atom stereocenters. The van der Waals surface area contributed by atoms with Crippen molar-refractivity contribution in [3.63, 3.8) is 0 Å². The number of thioether (sulfide) groups is 1. The van der Waals surface area contributed by atoms with Gasteiger partial charge in [0.15, 0.2) is 6.29 Å². The summed E-state index contributed by atoms with van der Waals surface area (Å²) in [6.45, 7) is 3.88. The molecule has 6 atom stereocenters. The molecule has 2 aromatic carbocycles. The Kier molecular flexibility index (Phi) is 6.63. The second-order valence-electron chi connectivity index (χ2n) is 7.45. The number of hydrogen-bond donors (Lipinski definition) is 0. The number of ether oxygens (including phenoxy) is 5. The molecule has 30 heavy (non-hydrogen) atoms. The van der Waals surface area contributed by atoms with Gasteiger partial charge in [0.25, 0.3) is 0 Å². The van der Waals surface area contributed by atoms with Crippen LogP contribution in [0.2, 0.25) is 0 Å². The highest BCUT2D eigenvalue weighted by molar-refractivity contribution is 7.99. The van der Waals surface area contributed by atoms with Gasteiger partial charge in [0.05, 0.1) is 19.8 Å².